The molecule has 0 unspecified atom stereocenters. The Balaban J connectivity index is 1.63. The fraction of sp³-hybridized carbons (Fsp3) is 0.222. The van der Waals surface area contributed by atoms with E-state index in [1.54, 1.807) is 24.3 Å². The summed E-state index contributed by atoms with van der Waals surface area (Å²) in [7, 11) is 1.53. The summed E-state index contributed by atoms with van der Waals surface area (Å²) in [5.74, 6) is -0.365. The maximum atomic E-state index is 12.1. The van der Waals surface area contributed by atoms with Crippen LogP contribution in [0.4, 0.5) is 28.8 Å². The normalized spacial score (nSPS) is 14.6. The van der Waals surface area contributed by atoms with Gasteiger partial charge in [-0.1, -0.05) is 24.8 Å². The predicted octanol–water partition coefficient (Wildman–Crippen LogP) is 2.82. The van der Waals surface area contributed by atoms with Crippen LogP contribution in [-0.2, 0) is 16.0 Å². The van der Waals surface area contributed by atoms with E-state index in [0.29, 0.717) is 29.1 Å². The second kappa shape index (κ2) is 11.4. The molecule has 2 amide bonds. The van der Waals surface area contributed by atoms with Crippen LogP contribution >= 0.6 is 0 Å². The predicted molar refractivity (Wildman–Crippen MR) is 145 cm³/mol. The summed E-state index contributed by atoms with van der Waals surface area (Å²) in [4.78, 5) is 46.5. The van der Waals surface area contributed by atoms with Gasteiger partial charge in [0.1, 0.15) is 23.2 Å². The van der Waals surface area contributed by atoms with Crippen molar-refractivity contribution in [2.24, 2.45) is 11.5 Å². The van der Waals surface area contributed by atoms with Crippen molar-refractivity contribution < 1.29 is 19.1 Å². The quantitative estimate of drug-likeness (QED) is 0.281. The van der Waals surface area contributed by atoms with Gasteiger partial charge in [-0.3, -0.25) is 14.4 Å². The van der Waals surface area contributed by atoms with Gasteiger partial charge < -0.3 is 31.7 Å². The molecule has 1 fully saturated rings. The highest BCUT2D eigenvalue weighted by molar-refractivity contribution is 5.98. The molecule has 0 aliphatic carbocycles. The summed E-state index contributed by atoms with van der Waals surface area (Å²) >= 11 is 0. The summed E-state index contributed by atoms with van der Waals surface area (Å²) in [5.41, 5.74) is 13.9. The summed E-state index contributed by atoms with van der Waals surface area (Å²) in [6.45, 7) is 4.24. The van der Waals surface area contributed by atoms with E-state index in [1.165, 1.54) is 19.4 Å². The third-order valence-corrected chi connectivity index (χ3v) is 6.26. The fourth-order valence-corrected chi connectivity index (χ4v) is 4.36. The third kappa shape index (κ3) is 5.72. The zero-order valence-corrected chi connectivity index (χ0v) is 20.9. The number of rotatable bonds is 11. The number of primary amides is 2. The molecule has 2 aromatic carbocycles. The number of para-hydroxylation sites is 1. The number of nitrogens with one attached hydrogen (secondary N) is 2. The molecule has 1 saturated heterocycles. The number of amides is 2. The van der Waals surface area contributed by atoms with Crippen molar-refractivity contribution in [1.82, 2.24) is 9.97 Å². The van der Waals surface area contributed by atoms with E-state index in [9.17, 15) is 14.4 Å². The first kappa shape index (κ1) is 26.1. The molecule has 4 rings (SSSR count). The standard InChI is InChI=1S/C27H29N7O4/c1-3-18(35)13-16-7-4-5-8-20(16)31-26-19(24(28)36)15-30-27(33-26)32-21-11-10-17(14-23(21)38-2)34-12-6-9-22(34)25(29)37/h3-5,7-8,10-11,14-15,22H,1,6,9,12-13H2,2H3,(H2,28,36)(H2,29,37)(H2,30,31,32,33)/t22-/m1/s1. The first-order valence-corrected chi connectivity index (χ1v) is 12.0. The molecule has 2 heterocycles. The zero-order chi connectivity index (χ0) is 27.2. The van der Waals surface area contributed by atoms with Crippen LogP contribution < -0.4 is 31.7 Å². The Labute approximate surface area is 219 Å². The minimum absolute atomic E-state index is 0.0780. The van der Waals surface area contributed by atoms with Gasteiger partial charge in [0.25, 0.3) is 5.91 Å². The van der Waals surface area contributed by atoms with E-state index in [0.717, 1.165) is 18.7 Å². The second-order valence-electron chi connectivity index (χ2n) is 8.71. The van der Waals surface area contributed by atoms with Gasteiger partial charge in [-0.05, 0) is 42.7 Å². The fourth-order valence-electron chi connectivity index (χ4n) is 4.36. The van der Waals surface area contributed by atoms with Gasteiger partial charge in [-0.25, -0.2) is 4.98 Å². The van der Waals surface area contributed by atoms with Crippen LogP contribution in [0.2, 0.25) is 0 Å². The molecule has 1 aromatic heterocycles. The van der Waals surface area contributed by atoms with Gasteiger partial charge in [-0.2, -0.15) is 4.98 Å². The van der Waals surface area contributed by atoms with Crippen molar-refractivity contribution in [1.29, 1.82) is 0 Å². The number of methoxy groups -OCH3 is 1. The molecule has 1 atom stereocenters. The van der Waals surface area contributed by atoms with E-state index in [4.69, 9.17) is 16.2 Å². The molecule has 1 aliphatic rings. The molecule has 11 nitrogen and oxygen atoms in total. The number of hydrogen-bond donors (Lipinski definition) is 4. The van der Waals surface area contributed by atoms with Gasteiger partial charge in [0.15, 0.2) is 5.78 Å². The van der Waals surface area contributed by atoms with Crippen molar-refractivity contribution in [3.63, 3.8) is 0 Å². The van der Waals surface area contributed by atoms with Crippen molar-refractivity contribution in [2.45, 2.75) is 25.3 Å². The van der Waals surface area contributed by atoms with Crippen LogP contribution in [0.5, 0.6) is 5.75 Å². The van der Waals surface area contributed by atoms with Crippen LogP contribution in [0.3, 0.4) is 0 Å². The molecule has 3 aromatic rings. The first-order valence-electron chi connectivity index (χ1n) is 12.0. The van der Waals surface area contributed by atoms with Gasteiger partial charge in [-0.15, -0.1) is 0 Å². The number of ether oxygens (including phenoxy) is 1. The van der Waals surface area contributed by atoms with E-state index >= 15 is 0 Å². The molecule has 6 N–H and O–H groups in total. The van der Waals surface area contributed by atoms with Gasteiger partial charge >= 0.3 is 0 Å². The highest BCUT2D eigenvalue weighted by Gasteiger charge is 2.29. The minimum Gasteiger partial charge on any atom is -0.494 e. The van der Waals surface area contributed by atoms with Gasteiger partial charge in [0.2, 0.25) is 11.9 Å². The molecular weight excluding hydrogens is 486 g/mol. The molecule has 0 bridgehead atoms. The summed E-state index contributed by atoms with van der Waals surface area (Å²) in [6.07, 6.45) is 4.29. The van der Waals surface area contributed by atoms with Crippen LogP contribution in [0.25, 0.3) is 0 Å². The number of hydrogen-bond acceptors (Lipinski definition) is 9. The molecule has 196 valence electrons. The van der Waals surface area contributed by atoms with Gasteiger partial charge in [0, 0.05) is 36.6 Å². The highest BCUT2D eigenvalue weighted by Crippen LogP contribution is 2.34. The molecule has 1 aliphatic heterocycles. The molecule has 0 radical (unpaired) electrons. The number of aromatic nitrogens is 2. The average molecular weight is 516 g/mol. The smallest absolute Gasteiger partial charge is 0.254 e. The number of allylic oxidation sites excluding steroid dienone is 1. The van der Waals surface area contributed by atoms with Crippen LogP contribution in [0.15, 0.2) is 61.3 Å². The number of ketones is 1. The molecule has 11 heteroatoms. The average Bonchev–Trinajstić information content (AvgIpc) is 3.40. The van der Waals surface area contributed by atoms with Crippen LogP contribution in [-0.4, -0.2) is 47.3 Å². The monoisotopic (exact) mass is 515 g/mol. The third-order valence-electron chi connectivity index (χ3n) is 6.26. The molecule has 38 heavy (non-hydrogen) atoms. The first-order chi connectivity index (χ1) is 18.3. The zero-order valence-electron chi connectivity index (χ0n) is 20.9. The number of nitrogens with two attached hydrogens (primary N) is 2. The maximum absolute atomic E-state index is 12.1. The Kier molecular flexibility index (Phi) is 7.86. The van der Waals surface area contributed by atoms with Crippen molar-refractivity contribution in [2.75, 3.05) is 29.2 Å². The van der Waals surface area contributed by atoms with E-state index in [-0.39, 0.29) is 41.5 Å². The number of nitrogens with zero attached hydrogens (tertiary/aromatic N) is 3. The van der Waals surface area contributed by atoms with E-state index in [2.05, 4.69) is 27.2 Å². The number of anilines is 5. The van der Waals surface area contributed by atoms with E-state index < -0.39 is 5.91 Å². The Morgan fingerprint density at radius 1 is 1.16 bits per heavy atom. The number of carbonyl (C=O) groups is 3. The Bertz CT molecular complexity index is 1390. The topological polar surface area (TPSA) is 166 Å². The lowest BCUT2D eigenvalue weighted by Gasteiger charge is -2.25. The summed E-state index contributed by atoms with van der Waals surface area (Å²) in [5, 5.41) is 6.21. The maximum Gasteiger partial charge on any atom is 0.254 e. The van der Waals surface area contributed by atoms with Gasteiger partial charge in [0.05, 0.1) is 12.8 Å². The van der Waals surface area contributed by atoms with Crippen LogP contribution in [0, 0.1) is 0 Å². The largest absolute Gasteiger partial charge is 0.494 e. The summed E-state index contributed by atoms with van der Waals surface area (Å²) in [6, 6.07) is 12.3. The lowest BCUT2D eigenvalue weighted by Crippen LogP contribution is -2.40. The number of carbonyl (C=O) groups excluding carboxylic acids is 3. The molecular formula is C27H29N7O4. The number of benzene rings is 2. The second-order valence-corrected chi connectivity index (χ2v) is 8.71. The summed E-state index contributed by atoms with van der Waals surface area (Å²) < 4.78 is 5.57. The SMILES string of the molecule is C=CC(=O)Cc1ccccc1Nc1nc(Nc2ccc(N3CCC[C@@H]3C(N)=O)cc2OC)ncc1C(N)=O. The van der Waals surface area contributed by atoms with Crippen molar-refractivity contribution >= 4 is 46.4 Å². The van der Waals surface area contributed by atoms with Crippen molar-refractivity contribution in [3.8, 4) is 5.75 Å². The lowest BCUT2D eigenvalue weighted by molar-refractivity contribution is -0.119. The lowest BCUT2D eigenvalue weighted by atomic mass is 10.1. The van der Waals surface area contributed by atoms with Crippen LogP contribution in [0.1, 0.15) is 28.8 Å². The van der Waals surface area contributed by atoms with Crippen molar-refractivity contribution in [3.05, 3.63) is 72.4 Å². The molecule has 0 spiro atoms. The van der Waals surface area contributed by atoms with E-state index in [1.807, 2.05) is 23.1 Å². The Morgan fingerprint density at radius 3 is 2.66 bits per heavy atom. The highest BCUT2D eigenvalue weighted by atomic mass is 16.5. The Hall–Kier alpha value is -4.93. The minimum atomic E-state index is -0.713. The Morgan fingerprint density at radius 2 is 1.95 bits per heavy atom. The molecule has 0 saturated carbocycles.